The molecule has 2 heterocycles. The molecule has 2 aromatic heterocycles. The van der Waals surface area contributed by atoms with Crippen LogP contribution in [0, 0.1) is 11.6 Å². The molecule has 3 aromatic rings. The van der Waals surface area contributed by atoms with Crippen LogP contribution in [0.15, 0.2) is 41.5 Å². The standard InChI is InChI=1S/C18H18F2N6O/c1-18(2,3)24-17(22-15-14-13(25-26-15)5-4-8-21-14)23-16(27)10-6-7-11(19)12(20)9-10/h4-9H,1-3H3,(H3,22,23,24,25,26,27). The van der Waals surface area contributed by atoms with Gasteiger partial charge in [0.1, 0.15) is 5.52 Å². The highest BCUT2D eigenvalue weighted by Crippen LogP contribution is 2.17. The fourth-order valence-corrected chi connectivity index (χ4v) is 2.29. The van der Waals surface area contributed by atoms with Gasteiger partial charge in [-0.1, -0.05) is 0 Å². The van der Waals surface area contributed by atoms with Crippen molar-refractivity contribution in [3.8, 4) is 0 Å². The van der Waals surface area contributed by atoms with Gasteiger partial charge < -0.3 is 5.32 Å². The van der Waals surface area contributed by atoms with Crippen LogP contribution in [0.3, 0.4) is 0 Å². The molecule has 0 spiro atoms. The zero-order valence-electron chi connectivity index (χ0n) is 15.0. The molecule has 7 nitrogen and oxygen atoms in total. The molecule has 9 heteroatoms. The Kier molecular flexibility index (Phi) is 4.85. The van der Waals surface area contributed by atoms with E-state index >= 15 is 0 Å². The Hall–Kier alpha value is -3.36. The molecule has 3 N–H and O–H groups in total. The molecule has 1 amide bonds. The number of pyridine rings is 1. The number of nitrogens with zero attached hydrogens (tertiary/aromatic N) is 3. The summed E-state index contributed by atoms with van der Waals surface area (Å²) in [4.78, 5) is 21.1. The predicted octanol–water partition coefficient (Wildman–Crippen LogP) is 3.23. The van der Waals surface area contributed by atoms with Gasteiger partial charge in [0.05, 0.1) is 11.1 Å². The van der Waals surface area contributed by atoms with Crippen LogP contribution in [0.1, 0.15) is 31.1 Å². The number of hydrogen-bond acceptors (Lipinski definition) is 4. The highest BCUT2D eigenvalue weighted by molar-refractivity contribution is 6.11. The Bertz CT molecular complexity index is 1020. The number of halogens is 2. The molecule has 0 bridgehead atoms. The van der Waals surface area contributed by atoms with E-state index in [0.29, 0.717) is 16.9 Å². The van der Waals surface area contributed by atoms with Crippen molar-refractivity contribution in [1.82, 2.24) is 20.5 Å². The van der Waals surface area contributed by atoms with Crippen LogP contribution in [0.5, 0.6) is 0 Å². The summed E-state index contributed by atoms with van der Waals surface area (Å²) in [6, 6.07) is 6.47. The van der Waals surface area contributed by atoms with E-state index < -0.39 is 23.1 Å². The normalized spacial score (nSPS) is 12.3. The van der Waals surface area contributed by atoms with Crippen molar-refractivity contribution in [1.29, 1.82) is 0 Å². The SMILES string of the molecule is CC(C)(C)N=C(NC(=O)c1ccc(F)c(F)c1)Nc1n[nH]c2cccnc12. The molecule has 0 atom stereocenters. The van der Waals surface area contributed by atoms with Crippen LogP contribution < -0.4 is 10.6 Å². The third-order valence-electron chi connectivity index (χ3n) is 3.42. The summed E-state index contributed by atoms with van der Waals surface area (Å²) >= 11 is 0. The number of anilines is 1. The van der Waals surface area contributed by atoms with Gasteiger partial charge in [-0.05, 0) is 51.1 Å². The van der Waals surface area contributed by atoms with Gasteiger partial charge in [-0.2, -0.15) is 5.10 Å². The van der Waals surface area contributed by atoms with Crippen LogP contribution in [0.25, 0.3) is 11.0 Å². The minimum absolute atomic E-state index is 0.0395. The van der Waals surface area contributed by atoms with Crippen LogP contribution in [0.4, 0.5) is 14.6 Å². The number of aromatic amines is 1. The maximum absolute atomic E-state index is 13.4. The van der Waals surface area contributed by atoms with Crippen molar-refractivity contribution in [2.75, 3.05) is 5.32 Å². The van der Waals surface area contributed by atoms with Crippen LogP contribution in [-0.4, -0.2) is 32.6 Å². The lowest BCUT2D eigenvalue weighted by atomic mass is 10.1. The summed E-state index contributed by atoms with van der Waals surface area (Å²) in [5.74, 6) is -2.29. The van der Waals surface area contributed by atoms with Crippen molar-refractivity contribution in [3.63, 3.8) is 0 Å². The summed E-state index contributed by atoms with van der Waals surface area (Å²) in [6.07, 6.45) is 1.61. The van der Waals surface area contributed by atoms with Gasteiger partial charge in [-0.25, -0.2) is 13.8 Å². The number of benzene rings is 1. The number of hydrogen-bond donors (Lipinski definition) is 3. The molecule has 0 unspecified atom stereocenters. The number of guanidine groups is 1. The molecule has 140 valence electrons. The number of aromatic nitrogens is 3. The molecule has 3 rings (SSSR count). The van der Waals surface area contributed by atoms with Crippen molar-refractivity contribution in [3.05, 3.63) is 53.7 Å². The second kappa shape index (κ2) is 7.10. The highest BCUT2D eigenvalue weighted by atomic mass is 19.2. The minimum atomic E-state index is -1.10. The average molecular weight is 372 g/mol. The Morgan fingerprint density at radius 2 is 1.96 bits per heavy atom. The molecular formula is C18H18F2N6O. The van der Waals surface area contributed by atoms with Gasteiger partial charge in [0, 0.05) is 11.8 Å². The van der Waals surface area contributed by atoms with E-state index in [9.17, 15) is 13.6 Å². The van der Waals surface area contributed by atoms with Gasteiger partial charge in [0.25, 0.3) is 5.91 Å². The van der Waals surface area contributed by atoms with Crippen LogP contribution in [0.2, 0.25) is 0 Å². The summed E-state index contributed by atoms with van der Waals surface area (Å²) in [7, 11) is 0. The number of H-pyrrole nitrogens is 1. The summed E-state index contributed by atoms with van der Waals surface area (Å²) in [5.41, 5.74) is 0.717. The fraction of sp³-hybridized carbons (Fsp3) is 0.222. The van der Waals surface area contributed by atoms with Crippen molar-refractivity contribution in [2.24, 2.45) is 4.99 Å². The van der Waals surface area contributed by atoms with Gasteiger partial charge >= 0.3 is 0 Å². The maximum atomic E-state index is 13.4. The fourth-order valence-electron chi connectivity index (χ4n) is 2.29. The molecule has 0 aliphatic heterocycles. The maximum Gasteiger partial charge on any atom is 0.258 e. The lowest BCUT2D eigenvalue weighted by molar-refractivity contribution is 0.0976. The van der Waals surface area contributed by atoms with Crippen LogP contribution >= 0.6 is 0 Å². The van der Waals surface area contributed by atoms with Crippen molar-refractivity contribution >= 4 is 28.7 Å². The average Bonchev–Trinajstić information content (AvgIpc) is 2.99. The van der Waals surface area contributed by atoms with Gasteiger partial charge in [0.15, 0.2) is 17.5 Å². The van der Waals surface area contributed by atoms with Gasteiger partial charge in [-0.15, -0.1) is 0 Å². The number of carbonyl (C=O) groups is 1. The first kappa shape index (κ1) is 18.4. The Morgan fingerprint density at radius 1 is 1.19 bits per heavy atom. The third kappa shape index (κ3) is 4.43. The van der Waals surface area contributed by atoms with Crippen molar-refractivity contribution in [2.45, 2.75) is 26.3 Å². The Labute approximate surface area is 153 Å². The lowest BCUT2D eigenvalue weighted by Gasteiger charge is -2.17. The molecule has 0 saturated heterocycles. The first-order chi connectivity index (χ1) is 12.7. The first-order valence-electron chi connectivity index (χ1n) is 8.15. The van der Waals surface area contributed by atoms with Crippen molar-refractivity contribution < 1.29 is 13.6 Å². The van der Waals surface area contributed by atoms with Crippen LogP contribution in [-0.2, 0) is 0 Å². The molecule has 0 radical (unpaired) electrons. The molecule has 0 saturated carbocycles. The second-order valence-electron chi connectivity index (χ2n) is 6.81. The highest BCUT2D eigenvalue weighted by Gasteiger charge is 2.17. The third-order valence-corrected chi connectivity index (χ3v) is 3.42. The summed E-state index contributed by atoms with van der Waals surface area (Å²) in [5, 5.41) is 12.5. The van der Waals surface area contributed by atoms with E-state index in [1.807, 2.05) is 20.8 Å². The number of rotatable bonds is 2. The molecule has 0 aliphatic carbocycles. The van der Waals surface area contributed by atoms with E-state index in [0.717, 1.165) is 12.1 Å². The first-order valence-corrected chi connectivity index (χ1v) is 8.15. The molecule has 27 heavy (non-hydrogen) atoms. The topological polar surface area (TPSA) is 95.1 Å². The number of fused-ring (bicyclic) bond motifs is 1. The largest absolute Gasteiger partial charge is 0.307 e. The lowest BCUT2D eigenvalue weighted by Crippen LogP contribution is -2.38. The van der Waals surface area contributed by atoms with E-state index in [1.54, 1.807) is 18.3 Å². The molecule has 1 aromatic carbocycles. The van der Waals surface area contributed by atoms with E-state index in [-0.39, 0.29) is 11.5 Å². The van der Waals surface area contributed by atoms with Gasteiger partial charge in [-0.3, -0.25) is 20.2 Å². The predicted molar refractivity (Wildman–Crippen MR) is 98.5 cm³/mol. The monoisotopic (exact) mass is 372 g/mol. The summed E-state index contributed by atoms with van der Waals surface area (Å²) in [6.45, 7) is 5.54. The molecule has 0 aliphatic rings. The zero-order chi connectivity index (χ0) is 19.6. The van der Waals surface area contributed by atoms with E-state index in [4.69, 9.17) is 0 Å². The molecule has 0 fully saturated rings. The number of aliphatic imine (C=N–C) groups is 1. The minimum Gasteiger partial charge on any atom is -0.307 e. The summed E-state index contributed by atoms with van der Waals surface area (Å²) < 4.78 is 26.5. The van der Waals surface area contributed by atoms with Gasteiger partial charge in [0.2, 0.25) is 5.96 Å². The molecular weight excluding hydrogens is 354 g/mol. The number of carbonyl (C=O) groups excluding carboxylic acids is 1. The Morgan fingerprint density at radius 3 is 2.67 bits per heavy atom. The second-order valence-corrected chi connectivity index (χ2v) is 6.81. The van der Waals surface area contributed by atoms with E-state index in [1.165, 1.54) is 6.07 Å². The quantitative estimate of drug-likeness (QED) is 0.475. The number of nitrogens with one attached hydrogen (secondary N) is 3. The zero-order valence-corrected chi connectivity index (χ0v) is 15.0. The smallest absolute Gasteiger partial charge is 0.258 e. The Balaban J connectivity index is 1.89. The van der Waals surface area contributed by atoms with E-state index in [2.05, 4.69) is 30.8 Å². The number of amides is 1.